The summed E-state index contributed by atoms with van der Waals surface area (Å²) in [6.45, 7) is 2.30. The Morgan fingerprint density at radius 3 is 2.07 bits per heavy atom. The second-order valence-corrected chi connectivity index (χ2v) is 6.36. The monoisotopic (exact) mass is 190 g/mol. The lowest BCUT2D eigenvalue weighted by Gasteiger charge is -2.27. The van der Waals surface area contributed by atoms with Crippen LogP contribution in [0.4, 0.5) is 0 Å². The highest BCUT2D eigenvalue weighted by Gasteiger charge is 3.04. The summed E-state index contributed by atoms with van der Waals surface area (Å²) in [5.74, 6) is 6.51. The van der Waals surface area contributed by atoms with Crippen LogP contribution in [0.1, 0.15) is 51.9 Å². The van der Waals surface area contributed by atoms with Crippen molar-refractivity contribution in [3.63, 3.8) is 0 Å². The minimum atomic E-state index is 1.03. The van der Waals surface area contributed by atoms with Crippen LogP contribution in [0.3, 0.4) is 0 Å². The first-order chi connectivity index (χ1) is 6.93. The maximum Gasteiger partial charge on any atom is -0.0195 e. The Kier molecular flexibility index (Phi) is 1.40. The smallest absolute Gasteiger partial charge is 0.0195 e. The molecule has 0 heterocycles. The molecule has 4 atom stereocenters. The van der Waals surface area contributed by atoms with Gasteiger partial charge < -0.3 is 0 Å². The minimum Gasteiger partial charge on any atom is -0.0654 e. The van der Waals surface area contributed by atoms with Crippen molar-refractivity contribution >= 4 is 0 Å². The minimum absolute atomic E-state index is 1.03. The summed E-state index contributed by atoms with van der Waals surface area (Å²) in [4.78, 5) is 0. The normalized spacial score (nSPS) is 58.5. The van der Waals surface area contributed by atoms with Gasteiger partial charge in [-0.2, -0.15) is 0 Å². The summed E-state index contributed by atoms with van der Waals surface area (Å²) in [6, 6.07) is 0. The van der Waals surface area contributed by atoms with Crippen LogP contribution in [-0.4, -0.2) is 0 Å². The van der Waals surface area contributed by atoms with Crippen LogP contribution in [0, 0.1) is 35.0 Å². The fraction of sp³-hybridized carbons (Fsp3) is 1.00. The van der Waals surface area contributed by atoms with E-state index >= 15 is 0 Å². The molecule has 5 fully saturated rings. The number of unbranched alkanes of at least 4 members (excludes halogenated alkanes) is 5. The Bertz CT molecular complexity index is 238. The Morgan fingerprint density at radius 2 is 1.43 bits per heavy atom. The fourth-order valence-electron chi connectivity index (χ4n) is 5.49. The third-order valence-corrected chi connectivity index (χ3v) is 6.07. The summed E-state index contributed by atoms with van der Waals surface area (Å²) >= 11 is 0. The zero-order valence-corrected chi connectivity index (χ0v) is 9.34. The van der Waals surface area contributed by atoms with Gasteiger partial charge in [-0.05, 0) is 41.4 Å². The molecule has 5 aliphatic carbocycles. The molecule has 5 saturated carbocycles. The molecule has 0 amide bonds. The van der Waals surface area contributed by atoms with Crippen molar-refractivity contribution in [2.45, 2.75) is 51.9 Å². The van der Waals surface area contributed by atoms with E-state index < -0.39 is 0 Å². The van der Waals surface area contributed by atoms with E-state index in [2.05, 4.69) is 6.92 Å². The molecule has 4 unspecified atom stereocenters. The zero-order chi connectivity index (χ0) is 9.34. The van der Waals surface area contributed by atoms with Gasteiger partial charge in [0.2, 0.25) is 0 Å². The van der Waals surface area contributed by atoms with Crippen LogP contribution in [0.25, 0.3) is 0 Å². The molecule has 5 aliphatic rings. The SMILES string of the molecule is CCCCCCCCC12C3C4C3C1C42. The van der Waals surface area contributed by atoms with E-state index in [-0.39, 0.29) is 0 Å². The lowest BCUT2D eigenvalue weighted by molar-refractivity contribution is 0.209. The standard InChI is InChI=1S/C14H22/c1-2-3-4-5-6-7-8-14-11-9-10(11)13(14)12(9)14/h9-13H,2-8H2,1H3. The van der Waals surface area contributed by atoms with Gasteiger partial charge in [0.15, 0.2) is 0 Å². The first-order valence-corrected chi connectivity index (χ1v) is 6.93. The van der Waals surface area contributed by atoms with Crippen LogP contribution in [0.15, 0.2) is 0 Å². The molecule has 0 aromatic carbocycles. The molecular formula is C14H22. The summed E-state index contributed by atoms with van der Waals surface area (Å²) < 4.78 is 0. The number of hydrogen-bond acceptors (Lipinski definition) is 0. The summed E-state index contributed by atoms with van der Waals surface area (Å²) in [5, 5.41) is 0. The Morgan fingerprint density at radius 1 is 0.786 bits per heavy atom. The van der Waals surface area contributed by atoms with E-state index in [0.717, 1.165) is 5.41 Å². The van der Waals surface area contributed by atoms with Crippen molar-refractivity contribution in [1.29, 1.82) is 0 Å². The van der Waals surface area contributed by atoms with Crippen LogP contribution in [-0.2, 0) is 0 Å². The molecule has 0 N–H and O–H groups in total. The van der Waals surface area contributed by atoms with E-state index in [0.29, 0.717) is 0 Å². The lowest BCUT2D eigenvalue weighted by atomic mass is 9.77. The molecule has 5 rings (SSSR count). The molecule has 78 valence electrons. The van der Waals surface area contributed by atoms with Crippen molar-refractivity contribution in [3.8, 4) is 0 Å². The molecule has 0 radical (unpaired) electrons. The molecule has 0 saturated heterocycles. The highest BCUT2D eigenvalue weighted by molar-refractivity contribution is 5.51. The maximum absolute atomic E-state index is 2.30. The van der Waals surface area contributed by atoms with Crippen LogP contribution < -0.4 is 0 Å². The van der Waals surface area contributed by atoms with Gasteiger partial charge in [-0.25, -0.2) is 0 Å². The van der Waals surface area contributed by atoms with Crippen LogP contribution >= 0.6 is 0 Å². The number of rotatable bonds is 7. The van der Waals surface area contributed by atoms with Crippen LogP contribution in [0.5, 0.6) is 0 Å². The molecule has 0 aromatic heterocycles. The predicted octanol–water partition coefficient (Wildman–Crippen LogP) is 3.86. The van der Waals surface area contributed by atoms with Crippen molar-refractivity contribution < 1.29 is 0 Å². The Balaban J connectivity index is 1.13. The van der Waals surface area contributed by atoms with E-state index in [9.17, 15) is 0 Å². The van der Waals surface area contributed by atoms with Crippen molar-refractivity contribution in [2.24, 2.45) is 35.0 Å². The quantitative estimate of drug-likeness (QED) is 0.535. The molecule has 0 aromatic rings. The van der Waals surface area contributed by atoms with Crippen molar-refractivity contribution in [2.75, 3.05) is 0 Å². The highest BCUT2D eigenvalue weighted by atomic mass is 15.1. The largest absolute Gasteiger partial charge is 0.0654 e. The molecule has 14 heavy (non-hydrogen) atoms. The van der Waals surface area contributed by atoms with Crippen molar-refractivity contribution in [3.05, 3.63) is 0 Å². The molecule has 0 spiro atoms. The third kappa shape index (κ3) is 0.657. The van der Waals surface area contributed by atoms with Crippen molar-refractivity contribution in [1.82, 2.24) is 0 Å². The summed E-state index contributed by atoms with van der Waals surface area (Å²) in [6.07, 6.45) is 10.6. The molecule has 0 heteroatoms. The second kappa shape index (κ2) is 2.39. The van der Waals surface area contributed by atoms with Crippen LogP contribution in [0.2, 0.25) is 0 Å². The van der Waals surface area contributed by atoms with Gasteiger partial charge in [0.1, 0.15) is 0 Å². The lowest BCUT2D eigenvalue weighted by Crippen LogP contribution is -2.21. The van der Waals surface area contributed by atoms with Gasteiger partial charge in [-0.1, -0.05) is 45.4 Å². The average molecular weight is 190 g/mol. The predicted molar refractivity (Wildman–Crippen MR) is 57.9 cm³/mol. The average Bonchev–Trinajstić information content (AvgIpc) is 2.69. The highest BCUT2D eigenvalue weighted by Crippen LogP contribution is 3.08. The third-order valence-electron chi connectivity index (χ3n) is 6.07. The van der Waals surface area contributed by atoms with Gasteiger partial charge in [0.25, 0.3) is 0 Å². The van der Waals surface area contributed by atoms with Gasteiger partial charge >= 0.3 is 0 Å². The van der Waals surface area contributed by atoms with E-state index in [4.69, 9.17) is 0 Å². The maximum atomic E-state index is 2.30. The van der Waals surface area contributed by atoms with E-state index in [1.807, 2.05) is 0 Å². The topological polar surface area (TPSA) is 0 Å². The van der Waals surface area contributed by atoms with Gasteiger partial charge in [-0.15, -0.1) is 0 Å². The fourth-order valence-corrected chi connectivity index (χ4v) is 5.49. The summed E-state index contributed by atoms with van der Waals surface area (Å²) in [7, 11) is 0. The van der Waals surface area contributed by atoms with E-state index in [1.165, 1.54) is 61.7 Å². The van der Waals surface area contributed by atoms with Gasteiger partial charge in [0, 0.05) is 0 Å². The second-order valence-electron chi connectivity index (χ2n) is 6.36. The molecule has 0 aliphatic heterocycles. The molecule has 0 bridgehead atoms. The first kappa shape index (κ1) is 8.19. The van der Waals surface area contributed by atoms with E-state index in [1.54, 1.807) is 12.8 Å². The zero-order valence-electron chi connectivity index (χ0n) is 9.34. The summed E-state index contributed by atoms with van der Waals surface area (Å²) in [5.41, 5.74) is 1.03. The van der Waals surface area contributed by atoms with Gasteiger partial charge in [0.05, 0.1) is 0 Å². The molecular weight excluding hydrogens is 168 g/mol. The Labute approximate surface area is 87.5 Å². The van der Waals surface area contributed by atoms with Gasteiger partial charge in [-0.3, -0.25) is 0 Å². The Hall–Kier alpha value is 0. The first-order valence-electron chi connectivity index (χ1n) is 6.93. The number of hydrogen-bond donors (Lipinski definition) is 0. The molecule has 0 nitrogen and oxygen atoms in total.